The predicted molar refractivity (Wildman–Crippen MR) is 97.5 cm³/mol. The Balaban J connectivity index is 1.57. The van der Waals surface area contributed by atoms with Crippen molar-refractivity contribution >= 4 is 5.91 Å². The van der Waals surface area contributed by atoms with E-state index in [9.17, 15) is 9.90 Å². The normalized spacial score (nSPS) is 23.5. The largest absolute Gasteiger partial charge is 0.394 e. The van der Waals surface area contributed by atoms with Crippen molar-refractivity contribution in [3.05, 3.63) is 35.4 Å². The summed E-state index contributed by atoms with van der Waals surface area (Å²) in [7, 11) is 0. The van der Waals surface area contributed by atoms with Gasteiger partial charge in [0, 0.05) is 19.3 Å². The lowest BCUT2D eigenvalue weighted by molar-refractivity contribution is -0.128. The Kier molecular flexibility index (Phi) is 6.45. The predicted octanol–water partition coefficient (Wildman–Crippen LogP) is 1.66. The third-order valence-corrected chi connectivity index (χ3v) is 5.43. The summed E-state index contributed by atoms with van der Waals surface area (Å²) in [4.78, 5) is 15.2. The van der Waals surface area contributed by atoms with Crippen molar-refractivity contribution in [3.63, 3.8) is 0 Å². The van der Waals surface area contributed by atoms with Gasteiger partial charge >= 0.3 is 0 Å². The van der Waals surface area contributed by atoms with Crippen molar-refractivity contribution in [3.8, 4) is 0 Å². The second kappa shape index (κ2) is 8.79. The molecule has 5 nitrogen and oxygen atoms in total. The standard InChI is InChI=1S/C20H30N2O3/c1-15-4-6-16(7-5-15)13-17(14-23)21-20(24)19-3-2-10-22(19)18-8-11-25-12-9-18/h4-7,17-19,23H,2-3,8-14H2,1H3,(H,21,24)/t17-,19+/m1/s1. The van der Waals surface area contributed by atoms with Gasteiger partial charge in [-0.05, 0) is 51.1 Å². The number of hydrogen-bond acceptors (Lipinski definition) is 4. The zero-order valence-electron chi connectivity index (χ0n) is 15.1. The lowest BCUT2D eigenvalue weighted by atomic mass is 10.0. The number of amides is 1. The van der Waals surface area contributed by atoms with Gasteiger partial charge in [-0.2, -0.15) is 0 Å². The molecule has 5 heteroatoms. The number of aryl methyl sites for hydroxylation is 1. The lowest BCUT2D eigenvalue weighted by Gasteiger charge is -2.35. The Morgan fingerprint density at radius 1 is 1.28 bits per heavy atom. The van der Waals surface area contributed by atoms with E-state index in [0.29, 0.717) is 12.5 Å². The Bertz CT molecular complexity index is 555. The number of hydrogen-bond donors (Lipinski definition) is 2. The monoisotopic (exact) mass is 346 g/mol. The zero-order chi connectivity index (χ0) is 17.6. The van der Waals surface area contributed by atoms with Crippen molar-refractivity contribution < 1.29 is 14.6 Å². The molecule has 2 fully saturated rings. The average Bonchev–Trinajstić information content (AvgIpc) is 3.13. The SMILES string of the molecule is Cc1ccc(C[C@H](CO)NC(=O)[C@@H]2CCCN2C2CCOCC2)cc1. The van der Waals surface area contributed by atoms with Gasteiger partial charge in [-0.25, -0.2) is 0 Å². The first-order chi connectivity index (χ1) is 12.2. The van der Waals surface area contributed by atoms with E-state index in [2.05, 4.69) is 41.4 Å². The summed E-state index contributed by atoms with van der Waals surface area (Å²) in [5, 5.41) is 12.8. The van der Waals surface area contributed by atoms with E-state index in [1.807, 2.05) is 0 Å². The van der Waals surface area contributed by atoms with Gasteiger partial charge in [-0.1, -0.05) is 29.8 Å². The van der Waals surface area contributed by atoms with Crippen LogP contribution in [0, 0.1) is 6.92 Å². The molecule has 2 aliphatic heterocycles. The van der Waals surface area contributed by atoms with Crippen LogP contribution in [-0.4, -0.2) is 60.4 Å². The molecule has 3 rings (SSSR count). The first-order valence-corrected chi connectivity index (χ1v) is 9.47. The third kappa shape index (κ3) is 4.81. The van der Waals surface area contributed by atoms with Crippen molar-refractivity contribution in [2.75, 3.05) is 26.4 Å². The fraction of sp³-hybridized carbons (Fsp3) is 0.650. The van der Waals surface area contributed by atoms with Crippen LogP contribution in [0.15, 0.2) is 24.3 Å². The molecule has 0 unspecified atom stereocenters. The van der Waals surface area contributed by atoms with Gasteiger partial charge in [-0.15, -0.1) is 0 Å². The highest BCUT2D eigenvalue weighted by atomic mass is 16.5. The van der Waals surface area contributed by atoms with Crippen molar-refractivity contribution in [2.24, 2.45) is 0 Å². The quantitative estimate of drug-likeness (QED) is 0.822. The lowest BCUT2D eigenvalue weighted by Crippen LogP contribution is -2.52. The first-order valence-electron chi connectivity index (χ1n) is 9.47. The number of aliphatic hydroxyl groups is 1. The summed E-state index contributed by atoms with van der Waals surface area (Å²) in [5.74, 6) is 0.0650. The minimum absolute atomic E-state index is 0.0381. The highest BCUT2D eigenvalue weighted by molar-refractivity contribution is 5.82. The molecule has 0 radical (unpaired) electrons. The van der Waals surface area contributed by atoms with E-state index in [-0.39, 0.29) is 24.6 Å². The summed E-state index contributed by atoms with van der Waals surface area (Å²) < 4.78 is 5.45. The minimum atomic E-state index is -0.229. The molecule has 2 saturated heterocycles. The number of ether oxygens (including phenoxy) is 1. The Morgan fingerprint density at radius 2 is 2.00 bits per heavy atom. The molecule has 1 aromatic rings. The number of carbonyl (C=O) groups excluding carboxylic acids is 1. The second-order valence-electron chi connectivity index (χ2n) is 7.32. The molecular weight excluding hydrogens is 316 g/mol. The van der Waals surface area contributed by atoms with Gasteiger partial charge in [0.1, 0.15) is 0 Å². The molecule has 0 aliphatic carbocycles. The average molecular weight is 346 g/mol. The van der Waals surface area contributed by atoms with Crippen LogP contribution in [0.25, 0.3) is 0 Å². The van der Waals surface area contributed by atoms with E-state index in [1.54, 1.807) is 0 Å². The highest BCUT2D eigenvalue weighted by Crippen LogP contribution is 2.25. The highest BCUT2D eigenvalue weighted by Gasteiger charge is 2.36. The van der Waals surface area contributed by atoms with Crippen LogP contribution in [0.3, 0.4) is 0 Å². The summed E-state index contributed by atoms with van der Waals surface area (Å²) in [6.07, 6.45) is 4.66. The second-order valence-corrected chi connectivity index (χ2v) is 7.32. The molecule has 0 bridgehead atoms. The van der Waals surface area contributed by atoms with Gasteiger partial charge in [0.2, 0.25) is 5.91 Å². The first kappa shape index (κ1) is 18.4. The maximum atomic E-state index is 12.8. The number of carbonyl (C=O) groups is 1. The summed E-state index contributed by atoms with van der Waals surface area (Å²) in [5.41, 5.74) is 2.35. The van der Waals surface area contributed by atoms with Crippen LogP contribution in [0.5, 0.6) is 0 Å². The molecule has 1 amide bonds. The molecule has 0 saturated carbocycles. The molecule has 2 atom stereocenters. The van der Waals surface area contributed by atoms with E-state index < -0.39 is 0 Å². The number of rotatable bonds is 6. The molecule has 0 spiro atoms. The van der Waals surface area contributed by atoms with Crippen LogP contribution in [0.4, 0.5) is 0 Å². The molecule has 2 N–H and O–H groups in total. The topological polar surface area (TPSA) is 61.8 Å². The van der Waals surface area contributed by atoms with E-state index in [0.717, 1.165) is 51.0 Å². The third-order valence-electron chi connectivity index (χ3n) is 5.43. The van der Waals surface area contributed by atoms with Crippen LogP contribution < -0.4 is 5.32 Å². The van der Waals surface area contributed by atoms with Gasteiger partial charge in [0.25, 0.3) is 0 Å². The molecular formula is C20H30N2O3. The molecule has 25 heavy (non-hydrogen) atoms. The van der Waals surface area contributed by atoms with Gasteiger partial charge < -0.3 is 15.2 Å². The van der Waals surface area contributed by atoms with Crippen molar-refractivity contribution in [2.45, 2.75) is 57.2 Å². The Labute approximate surface area is 150 Å². The van der Waals surface area contributed by atoms with Crippen molar-refractivity contribution in [1.29, 1.82) is 0 Å². The van der Waals surface area contributed by atoms with Crippen LogP contribution >= 0.6 is 0 Å². The molecule has 2 heterocycles. The Morgan fingerprint density at radius 3 is 2.68 bits per heavy atom. The van der Waals surface area contributed by atoms with Gasteiger partial charge in [0.15, 0.2) is 0 Å². The molecule has 2 aliphatic rings. The number of benzene rings is 1. The summed E-state index contributed by atoms with van der Waals surface area (Å²) >= 11 is 0. The molecule has 138 valence electrons. The van der Waals surface area contributed by atoms with Crippen molar-refractivity contribution in [1.82, 2.24) is 10.2 Å². The number of aliphatic hydroxyl groups excluding tert-OH is 1. The van der Waals surface area contributed by atoms with E-state index >= 15 is 0 Å². The van der Waals surface area contributed by atoms with E-state index in [1.165, 1.54) is 5.56 Å². The van der Waals surface area contributed by atoms with Gasteiger partial charge in [0.05, 0.1) is 18.7 Å². The van der Waals surface area contributed by atoms with Crippen LogP contribution in [0.1, 0.15) is 36.8 Å². The van der Waals surface area contributed by atoms with Crippen LogP contribution in [0.2, 0.25) is 0 Å². The molecule has 1 aromatic carbocycles. The maximum absolute atomic E-state index is 12.8. The van der Waals surface area contributed by atoms with Crippen LogP contribution in [-0.2, 0) is 16.0 Å². The summed E-state index contributed by atoms with van der Waals surface area (Å²) in [6.45, 7) is 4.60. The molecule has 0 aromatic heterocycles. The fourth-order valence-corrected chi connectivity index (χ4v) is 3.99. The zero-order valence-corrected chi connectivity index (χ0v) is 15.1. The van der Waals surface area contributed by atoms with E-state index in [4.69, 9.17) is 4.74 Å². The minimum Gasteiger partial charge on any atom is -0.394 e. The smallest absolute Gasteiger partial charge is 0.237 e. The number of nitrogens with one attached hydrogen (secondary N) is 1. The maximum Gasteiger partial charge on any atom is 0.237 e. The number of likely N-dealkylation sites (tertiary alicyclic amines) is 1. The number of nitrogens with zero attached hydrogens (tertiary/aromatic N) is 1. The fourth-order valence-electron chi connectivity index (χ4n) is 3.99. The summed E-state index contributed by atoms with van der Waals surface area (Å²) in [6, 6.07) is 8.42. The Hall–Kier alpha value is -1.43. The van der Waals surface area contributed by atoms with Gasteiger partial charge in [-0.3, -0.25) is 9.69 Å².